The third-order valence-electron chi connectivity index (χ3n) is 26.0. The second-order valence-electron chi connectivity index (χ2n) is 31.8. The molecule has 7 saturated heterocycles. The van der Waals surface area contributed by atoms with Crippen LogP contribution in [0.25, 0.3) is 0 Å². The van der Waals surface area contributed by atoms with Gasteiger partial charge in [0.1, 0.15) is 128 Å². The molecule has 0 amide bonds. The molecule has 12 rings (SSSR count). The van der Waals surface area contributed by atoms with Gasteiger partial charge in [0.05, 0.1) is 63.6 Å². The van der Waals surface area contributed by atoms with Crippen LogP contribution >= 0.6 is 0 Å². The average molecular weight is 1360 g/mol. The maximum atomic E-state index is 12.8. The van der Waals surface area contributed by atoms with Gasteiger partial charge in [-0.2, -0.15) is 0 Å². The van der Waals surface area contributed by atoms with E-state index in [1.165, 1.54) is 6.92 Å². The van der Waals surface area contributed by atoms with Gasteiger partial charge in [0, 0.05) is 10.8 Å². The molecular weight excluding hydrogens is 1250 g/mol. The summed E-state index contributed by atoms with van der Waals surface area (Å²) in [6, 6.07) is 0. The first kappa shape index (κ1) is 72.6. The fraction of sp³-hybridized carbons (Fsp3) is 1.00. The largest absolute Gasteiger partial charge is 0.394 e. The van der Waals surface area contributed by atoms with E-state index in [-0.39, 0.29) is 50.4 Å². The van der Waals surface area contributed by atoms with Gasteiger partial charge in [0.25, 0.3) is 0 Å². The van der Waals surface area contributed by atoms with Gasteiger partial charge < -0.3 is 148 Å². The molecule has 2 bridgehead atoms. The van der Waals surface area contributed by atoms with Crippen LogP contribution in [0.5, 0.6) is 0 Å². The van der Waals surface area contributed by atoms with E-state index in [1.807, 2.05) is 0 Å². The predicted octanol–water partition coefficient (Wildman–Crippen LogP) is -4.40. The molecule has 7 heterocycles. The number of aliphatic hydroxyl groups is 17. The van der Waals surface area contributed by atoms with Crippen LogP contribution in [0.2, 0.25) is 0 Å². The summed E-state index contributed by atoms with van der Waals surface area (Å²) < 4.78 is 81.2. The SMILES string of the molecule is C[C@@H]1O[C@@H](O[C@H]2[C@H](O)[C@@H](CO)O[C@@H](O[C@H]3CO[C@@H](O[C@H]4CC[C@@]5(C)C(CC[C@]6(C)C5CC[C@]57OC[C@@]8(CCC(C)(C)C[C@H]85)[C@H](O)C[C@]76C)C4(C)C)[C@H](O[C@@H]4O[C@H](CO)[C@@H](O)[C@H](O)[C@H]4O)[C@H]3O)[C@@H]2O[C@@H]2OC[C@@H](O)[C@H](O[C@@H]3O[C@H](CO)[C@@H](O)[C@H](O)[C@H]3O)[C@H]2O)[C@H](O)[C@H](O)[C@H]1O. The molecule has 0 aromatic carbocycles. The first-order chi connectivity index (χ1) is 44.2. The fourth-order valence-electron chi connectivity index (χ4n) is 20.3. The minimum atomic E-state index is -2.11. The Bertz CT molecular complexity index is 2590. The predicted molar refractivity (Wildman–Crippen MR) is 314 cm³/mol. The summed E-state index contributed by atoms with van der Waals surface area (Å²) in [7, 11) is 0. The summed E-state index contributed by atoms with van der Waals surface area (Å²) in [6.45, 7) is 14.4. The molecule has 0 radical (unpaired) electrons. The Balaban J connectivity index is 0.823. The summed E-state index contributed by atoms with van der Waals surface area (Å²) >= 11 is 0. The highest BCUT2D eigenvalue weighted by Gasteiger charge is 2.80. The van der Waals surface area contributed by atoms with Gasteiger partial charge in [-0.05, 0) is 111 Å². The average Bonchev–Trinajstić information content (AvgIpc) is 1.05. The maximum absolute atomic E-state index is 12.8. The summed E-state index contributed by atoms with van der Waals surface area (Å²) in [5.41, 5.74) is -1.79. The molecule has 0 aromatic rings. The smallest absolute Gasteiger partial charge is 0.187 e. The third-order valence-corrected chi connectivity index (χ3v) is 26.0. The molecular formula is C64H106O30. The quantitative estimate of drug-likeness (QED) is 0.0689. The first-order valence-corrected chi connectivity index (χ1v) is 34.0. The molecule has 38 atom stereocenters. The zero-order valence-electron chi connectivity index (χ0n) is 54.8. The highest BCUT2D eigenvalue weighted by Crippen LogP contribution is 2.80. The molecule has 12 aliphatic rings. The number of ether oxygens (including phenoxy) is 13. The second kappa shape index (κ2) is 26.6. The normalized spacial score (nSPS) is 57.2. The van der Waals surface area contributed by atoms with Crippen LogP contribution in [0, 0.1) is 50.2 Å². The highest BCUT2D eigenvalue weighted by molar-refractivity contribution is 5.28. The van der Waals surface area contributed by atoms with Crippen LogP contribution in [0.3, 0.4) is 0 Å². The number of rotatable bonds is 15. The molecule has 17 N–H and O–H groups in total. The number of hydrogen-bond donors (Lipinski definition) is 17. The fourth-order valence-corrected chi connectivity index (χ4v) is 20.3. The Hall–Kier alpha value is -1.20. The van der Waals surface area contributed by atoms with Crippen molar-refractivity contribution in [3.63, 3.8) is 0 Å². The number of aliphatic hydroxyl groups excluding tert-OH is 17. The molecule has 7 aliphatic heterocycles. The lowest BCUT2D eigenvalue weighted by atomic mass is 9.30. The number of hydrogen-bond acceptors (Lipinski definition) is 30. The summed E-state index contributed by atoms with van der Waals surface area (Å²) in [4.78, 5) is 0. The van der Waals surface area contributed by atoms with E-state index in [0.29, 0.717) is 19.4 Å². The summed E-state index contributed by atoms with van der Waals surface area (Å²) in [5, 5.41) is 189. The van der Waals surface area contributed by atoms with E-state index in [9.17, 15) is 86.8 Å². The van der Waals surface area contributed by atoms with Gasteiger partial charge in [0.15, 0.2) is 37.7 Å². The number of fused-ring (bicyclic) bond motifs is 4. The maximum Gasteiger partial charge on any atom is 0.187 e. The van der Waals surface area contributed by atoms with E-state index < -0.39 is 223 Å². The topological polar surface area (TPSA) is 464 Å². The molecule has 12 fully saturated rings. The molecule has 30 nitrogen and oxygen atoms in total. The molecule has 2 unspecified atom stereocenters. The van der Waals surface area contributed by atoms with Crippen LogP contribution in [-0.2, 0) is 61.6 Å². The van der Waals surface area contributed by atoms with Crippen LogP contribution < -0.4 is 0 Å². The van der Waals surface area contributed by atoms with Crippen molar-refractivity contribution in [2.24, 2.45) is 50.2 Å². The first-order valence-electron chi connectivity index (χ1n) is 34.0. The van der Waals surface area contributed by atoms with Gasteiger partial charge in [-0.3, -0.25) is 0 Å². The second-order valence-corrected chi connectivity index (χ2v) is 31.8. The van der Waals surface area contributed by atoms with Crippen molar-refractivity contribution in [2.45, 2.75) is 309 Å². The van der Waals surface area contributed by atoms with Gasteiger partial charge in [-0.15, -0.1) is 0 Å². The van der Waals surface area contributed by atoms with E-state index >= 15 is 0 Å². The third kappa shape index (κ3) is 11.6. The van der Waals surface area contributed by atoms with Crippen molar-refractivity contribution in [1.29, 1.82) is 0 Å². The van der Waals surface area contributed by atoms with Gasteiger partial charge >= 0.3 is 0 Å². The van der Waals surface area contributed by atoms with E-state index in [1.54, 1.807) is 0 Å². The lowest BCUT2D eigenvalue weighted by Crippen LogP contribution is -2.74. The zero-order chi connectivity index (χ0) is 68.1. The summed E-state index contributed by atoms with van der Waals surface area (Å²) in [6.07, 6.45) is -43.1. The van der Waals surface area contributed by atoms with Gasteiger partial charge in [0.2, 0.25) is 0 Å². The van der Waals surface area contributed by atoms with Crippen molar-refractivity contribution in [2.75, 3.05) is 39.6 Å². The van der Waals surface area contributed by atoms with Crippen molar-refractivity contribution in [1.82, 2.24) is 0 Å². The van der Waals surface area contributed by atoms with E-state index in [4.69, 9.17) is 61.6 Å². The molecule has 5 saturated carbocycles. The highest BCUT2D eigenvalue weighted by atomic mass is 16.8. The molecule has 30 heteroatoms. The monoisotopic (exact) mass is 1350 g/mol. The molecule has 1 spiro atoms. The van der Waals surface area contributed by atoms with Gasteiger partial charge in [-0.1, -0.05) is 48.5 Å². The molecule has 542 valence electrons. The lowest BCUT2D eigenvalue weighted by molar-refractivity contribution is -0.407. The van der Waals surface area contributed by atoms with Crippen molar-refractivity contribution in [3.8, 4) is 0 Å². The zero-order valence-corrected chi connectivity index (χ0v) is 54.8. The van der Waals surface area contributed by atoms with E-state index in [0.717, 1.165) is 51.4 Å². The van der Waals surface area contributed by atoms with Crippen LogP contribution in [0.1, 0.15) is 120 Å². The molecule has 94 heavy (non-hydrogen) atoms. The van der Waals surface area contributed by atoms with Crippen LogP contribution in [-0.4, -0.2) is 316 Å². The van der Waals surface area contributed by atoms with Gasteiger partial charge in [-0.25, -0.2) is 0 Å². The minimum absolute atomic E-state index is 0.0844. The standard InChI is InChI=1S/C64H106O30/c1-25-36(70)41(75)44(78)53(85-25)92-49-39(73)29(21-67)88-57(51(49)94-52-47(81)48(26(68)22-82-52)91-54-45(79)42(76)37(71)27(19-65)86-54)89-30-23-83-56(50(40(30)74)93-55-46(80)43(77)38(72)28(20-66)87-55)90-35-11-12-60(6)31(59(35,4)5)9-13-61(7)32(60)10-14-64-33-17-58(2,3)15-16-63(33,24-84-64)34(69)18-62(61,64)8/h25-57,65-81H,9-24H2,1-8H3/t25-,26+,27+,28+,29+,30-,31?,32?,33+,34+,35-,36-,37+,38+,39+,40-,41+,42-,43-,44+,45+,46+,47+,48-,49-,50+,51+,52-,53-,54-,55-,56-,57-,60-,61+,62-,63+,64-/m0/s1. The van der Waals surface area contributed by atoms with Crippen molar-refractivity contribution in [3.05, 3.63) is 0 Å². The Labute approximate surface area is 546 Å². The van der Waals surface area contributed by atoms with Crippen molar-refractivity contribution < 1.29 is 148 Å². The van der Waals surface area contributed by atoms with Crippen LogP contribution in [0.15, 0.2) is 0 Å². The Morgan fingerprint density at radius 1 is 0.415 bits per heavy atom. The molecule has 0 aromatic heterocycles. The Morgan fingerprint density at radius 2 is 0.957 bits per heavy atom. The Kier molecular flexibility index (Phi) is 20.5. The lowest BCUT2D eigenvalue weighted by Gasteiger charge is -2.75. The minimum Gasteiger partial charge on any atom is -0.394 e. The van der Waals surface area contributed by atoms with Crippen molar-refractivity contribution >= 4 is 0 Å². The van der Waals surface area contributed by atoms with E-state index in [2.05, 4.69) is 48.5 Å². The molecule has 5 aliphatic carbocycles. The summed E-state index contributed by atoms with van der Waals surface area (Å²) in [5.74, 6) is 0.585. The van der Waals surface area contributed by atoms with Crippen LogP contribution in [0.4, 0.5) is 0 Å². The Morgan fingerprint density at radius 3 is 1.59 bits per heavy atom.